The number of thiazole rings is 1. The van der Waals surface area contributed by atoms with Gasteiger partial charge in [-0.05, 0) is 49.4 Å². The van der Waals surface area contributed by atoms with E-state index in [1.54, 1.807) is 7.11 Å². The first-order chi connectivity index (χ1) is 13.6. The van der Waals surface area contributed by atoms with Gasteiger partial charge in [-0.15, -0.1) is 10.2 Å². The average molecular weight is 398 g/mol. The molecule has 8 heteroatoms. The van der Waals surface area contributed by atoms with Crippen molar-refractivity contribution in [2.75, 3.05) is 31.7 Å². The highest BCUT2D eigenvalue weighted by molar-refractivity contribution is 7.21. The van der Waals surface area contributed by atoms with Crippen LogP contribution in [0.3, 0.4) is 0 Å². The van der Waals surface area contributed by atoms with Crippen LogP contribution >= 0.6 is 11.3 Å². The van der Waals surface area contributed by atoms with Crippen molar-refractivity contribution in [1.82, 2.24) is 4.98 Å². The molecule has 3 rings (SSSR count). The second-order valence-corrected chi connectivity index (χ2v) is 6.98. The first-order valence-corrected chi connectivity index (χ1v) is 9.75. The summed E-state index contributed by atoms with van der Waals surface area (Å²) in [6.07, 6.45) is 0. The molecular formula is C20H22N4O3S. The van der Waals surface area contributed by atoms with E-state index in [1.165, 1.54) is 18.3 Å². The number of aromatic nitrogens is 1. The van der Waals surface area contributed by atoms with Gasteiger partial charge in [-0.2, -0.15) is 0 Å². The number of anilines is 1. The Kier molecular flexibility index (Phi) is 6.54. The second kappa shape index (κ2) is 9.27. The van der Waals surface area contributed by atoms with Crippen molar-refractivity contribution in [3.05, 3.63) is 42.5 Å². The molecule has 0 unspecified atom stereocenters. The van der Waals surface area contributed by atoms with Crippen molar-refractivity contribution in [3.63, 3.8) is 0 Å². The highest BCUT2D eigenvalue weighted by Gasteiger charge is 2.06. The topological polar surface area (TPSA) is 76.4 Å². The number of carbonyl (C=O) groups is 1. The molecule has 0 saturated carbocycles. The van der Waals surface area contributed by atoms with E-state index in [9.17, 15) is 4.79 Å². The van der Waals surface area contributed by atoms with Crippen LogP contribution in [0, 0.1) is 0 Å². The number of fused-ring (bicyclic) bond motifs is 1. The van der Waals surface area contributed by atoms with Gasteiger partial charge in [0.25, 0.3) is 0 Å². The minimum Gasteiger partial charge on any atom is -0.497 e. The van der Waals surface area contributed by atoms with Gasteiger partial charge in [-0.3, -0.25) is 4.79 Å². The first kappa shape index (κ1) is 19.8. The normalized spacial score (nSPS) is 11.1. The zero-order valence-corrected chi connectivity index (χ0v) is 16.9. The molecule has 1 heterocycles. The van der Waals surface area contributed by atoms with Crippen LogP contribution < -0.4 is 9.64 Å². The zero-order valence-electron chi connectivity index (χ0n) is 16.1. The molecule has 0 bridgehead atoms. The Morgan fingerprint density at radius 2 is 1.96 bits per heavy atom. The zero-order chi connectivity index (χ0) is 19.9. The predicted octanol–water partition coefficient (Wildman–Crippen LogP) is 5.11. The molecular weight excluding hydrogens is 376 g/mol. The van der Waals surface area contributed by atoms with Gasteiger partial charge < -0.3 is 14.4 Å². The molecule has 0 saturated heterocycles. The predicted molar refractivity (Wildman–Crippen MR) is 111 cm³/mol. The highest BCUT2D eigenvalue weighted by Crippen LogP contribution is 2.32. The lowest BCUT2D eigenvalue weighted by Gasteiger charge is -2.22. The number of nitrogens with zero attached hydrogens (tertiary/aromatic N) is 4. The van der Waals surface area contributed by atoms with Gasteiger partial charge in [0.1, 0.15) is 12.4 Å². The van der Waals surface area contributed by atoms with E-state index in [4.69, 9.17) is 9.47 Å². The minimum absolute atomic E-state index is 0.264. The maximum Gasteiger partial charge on any atom is 0.302 e. The van der Waals surface area contributed by atoms with Crippen molar-refractivity contribution in [3.8, 4) is 5.75 Å². The van der Waals surface area contributed by atoms with Gasteiger partial charge in [-0.1, -0.05) is 11.3 Å². The van der Waals surface area contributed by atoms with Crippen LogP contribution in [0.4, 0.5) is 16.5 Å². The van der Waals surface area contributed by atoms with Gasteiger partial charge in [-0.25, -0.2) is 4.98 Å². The van der Waals surface area contributed by atoms with E-state index in [2.05, 4.69) is 27.0 Å². The molecule has 0 amide bonds. The van der Waals surface area contributed by atoms with Crippen molar-refractivity contribution in [2.24, 2.45) is 10.2 Å². The lowest BCUT2D eigenvalue weighted by Crippen LogP contribution is -2.27. The summed E-state index contributed by atoms with van der Waals surface area (Å²) >= 11 is 1.47. The number of rotatable bonds is 8. The maximum atomic E-state index is 10.9. The fourth-order valence-corrected chi connectivity index (χ4v) is 3.48. The third kappa shape index (κ3) is 5.04. The Morgan fingerprint density at radius 3 is 2.64 bits per heavy atom. The largest absolute Gasteiger partial charge is 0.497 e. The molecule has 0 radical (unpaired) electrons. The summed E-state index contributed by atoms with van der Waals surface area (Å²) in [6.45, 7) is 5.30. The Bertz CT molecular complexity index is 969. The fourth-order valence-electron chi connectivity index (χ4n) is 2.66. The fraction of sp³-hybridized carbons (Fsp3) is 0.300. The van der Waals surface area contributed by atoms with Gasteiger partial charge in [0.05, 0.1) is 29.6 Å². The Morgan fingerprint density at radius 1 is 1.18 bits per heavy atom. The molecule has 146 valence electrons. The Labute approximate surface area is 167 Å². The molecule has 0 fully saturated rings. The molecule has 0 atom stereocenters. The van der Waals surface area contributed by atoms with E-state index < -0.39 is 0 Å². The number of methoxy groups -OCH3 is 1. The average Bonchev–Trinajstić information content (AvgIpc) is 3.12. The smallest absolute Gasteiger partial charge is 0.302 e. The van der Waals surface area contributed by atoms with E-state index in [0.717, 1.165) is 33.9 Å². The van der Waals surface area contributed by atoms with E-state index in [0.29, 0.717) is 18.3 Å². The van der Waals surface area contributed by atoms with Crippen LogP contribution in [0.15, 0.2) is 52.7 Å². The number of hydrogen-bond acceptors (Lipinski definition) is 8. The summed E-state index contributed by atoms with van der Waals surface area (Å²) in [4.78, 5) is 17.5. The standard InChI is InChI=1S/C20H22N4O3S/c1-4-24(11-12-27-14(2)25)16-7-5-15(6-8-16)22-23-20-21-18-10-9-17(26-3)13-19(18)28-20/h5-10,13H,4,11-12H2,1-3H3. The first-order valence-electron chi connectivity index (χ1n) is 8.93. The van der Waals surface area contributed by atoms with Crippen LogP contribution in [-0.4, -0.2) is 37.8 Å². The van der Waals surface area contributed by atoms with E-state index in [-0.39, 0.29) is 5.97 Å². The molecule has 28 heavy (non-hydrogen) atoms. The summed E-state index contributed by atoms with van der Waals surface area (Å²) in [5.74, 6) is 0.532. The van der Waals surface area contributed by atoms with Crippen LogP contribution in [0.1, 0.15) is 13.8 Å². The number of benzene rings is 2. The number of azo groups is 1. The van der Waals surface area contributed by atoms with Gasteiger partial charge >= 0.3 is 5.97 Å². The lowest BCUT2D eigenvalue weighted by atomic mass is 10.2. The number of ether oxygens (including phenoxy) is 2. The monoisotopic (exact) mass is 398 g/mol. The summed E-state index contributed by atoms with van der Waals surface area (Å²) in [5, 5.41) is 9.13. The molecule has 7 nitrogen and oxygen atoms in total. The third-order valence-corrected chi connectivity index (χ3v) is 5.00. The molecule has 0 aliphatic rings. The van der Waals surface area contributed by atoms with Gasteiger partial charge in [0.15, 0.2) is 0 Å². The quantitative estimate of drug-likeness (QED) is 0.389. The molecule has 0 spiro atoms. The summed E-state index contributed by atoms with van der Waals surface area (Å²) in [5.41, 5.74) is 2.67. The third-order valence-electron chi connectivity index (χ3n) is 4.10. The molecule has 3 aromatic rings. The van der Waals surface area contributed by atoms with Crippen LogP contribution in [0.5, 0.6) is 5.75 Å². The molecule has 0 aliphatic heterocycles. The second-order valence-electron chi connectivity index (χ2n) is 5.97. The maximum absolute atomic E-state index is 10.9. The Balaban J connectivity index is 1.66. The van der Waals surface area contributed by atoms with Gasteiger partial charge in [0.2, 0.25) is 5.13 Å². The number of esters is 1. The van der Waals surface area contributed by atoms with Crippen molar-refractivity contribution in [2.45, 2.75) is 13.8 Å². The van der Waals surface area contributed by atoms with Crippen molar-refractivity contribution in [1.29, 1.82) is 0 Å². The minimum atomic E-state index is -0.264. The van der Waals surface area contributed by atoms with E-state index >= 15 is 0 Å². The van der Waals surface area contributed by atoms with Crippen molar-refractivity contribution < 1.29 is 14.3 Å². The van der Waals surface area contributed by atoms with Crippen LogP contribution in [0.25, 0.3) is 10.2 Å². The van der Waals surface area contributed by atoms with Crippen LogP contribution in [-0.2, 0) is 9.53 Å². The van der Waals surface area contributed by atoms with E-state index in [1.807, 2.05) is 42.5 Å². The van der Waals surface area contributed by atoms with Gasteiger partial charge in [0, 0.05) is 19.2 Å². The number of carbonyl (C=O) groups excluding carboxylic acids is 1. The Hall–Kier alpha value is -3.00. The number of hydrogen-bond donors (Lipinski definition) is 0. The molecule has 1 aromatic heterocycles. The summed E-state index contributed by atoms with van der Waals surface area (Å²) in [6, 6.07) is 13.5. The van der Waals surface area contributed by atoms with Crippen molar-refractivity contribution >= 4 is 44.0 Å². The lowest BCUT2D eigenvalue weighted by molar-refractivity contribution is -0.140. The molecule has 2 aromatic carbocycles. The highest BCUT2D eigenvalue weighted by atomic mass is 32.1. The SMILES string of the molecule is CCN(CCOC(C)=O)c1ccc(N=Nc2nc3ccc(OC)cc3s2)cc1. The number of likely N-dealkylation sites (N-methyl/N-ethyl adjacent to an activating group) is 1. The van der Waals surface area contributed by atoms with Crippen LogP contribution in [0.2, 0.25) is 0 Å². The molecule has 0 aliphatic carbocycles. The summed E-state index contributed by atoms with van der Waals surface area (Å²) in [7, 11) is 1.64. The summed E-state index contributed by atoms with van der Waals surface area (Å²) < 4.78 is 11.3. The molecule has 0 N–H and O–H groups in total.